The number of carbonyl (C=O) groups is 1. The van der Waals surface area contributed by atoms with Crippen molar-refractivity contribution in [1.29, 1.82) is 0 Å². The summed E-state index contributed by atoms with van der Waals surface area (Å²) in [6.07, 6.45) is 2.08. The molecule has 118 valence electrons. The second-order valence-corrected chi connectivity index (χ2v) is 5.49. The van der Waals surface area contributed by atoms with Gasteiger partial charge in [-0.05, 0) is 46.2 Å². The van der Waals surface area contributed by atoms with E-state index in [-0.39, 0.29) is 0 Å². The van der Waals surface area contributed by atoms with E-state index in [2.05, 4.69) is 15.6 Å². The molecule has 6 nitrogen and oxygen atoms in total. The van der Waals surface area contributed by atoms with Crippen LogP contribution in [0.1, 0.15) is 34.1 Å². The SMILES string of the molecule is CCOc1cccnc1NCCCNC(=O)OC(C)(C)C. The highest BCUT2D eigenvalue weighted by Crippen LogP contribution is 2.20. The molecule has 0 aromatic carbocycles. The number of hydrogen-bond acceptors (Lipinski definition) is 5. The third kappa shape index (κ3) is 7.39. The standard InChI is InChI=1S/C15H25N3O3/c1-5-20-12-8-6-9-16-13(12)17-10-7-11-18-14(19)21-15(2,3)4/h6,8-9H,5,7,10-11H2,1-4H3,(H,16,17)(H,18,19). The fraction of sp³-hybridized carbons (Fsp3) is 0.600. The summed E-state index contributed by atoms with van der Waals surface area (Å²) in [6, 6.07) is 3.71. The van der Waals surface area contributed by atoms with Crippen molar-refractivity contribution in [3.8, 4) is 5.75 Å². The minimum atomic E-state index is -0.470. The Balaban J connectivity index is 2.24. The van der Waals surface area contributed by atoms with Crippen LogP contribution in [0.25, 0.3) is 0 Å². The molecule has 1 amide bonds. The number of alkyl carbamates (subject to hydrolysis) is 1. The molecule has 0 atom stereocenters. The van der Waals surface area contributed by atoms with Gasteiger partial charge in [0.15, 0.2) is 11.6 Å². The number of pyridine rings is 1. The van der Waals surface area contributed by atoms with Crippen LogP contribution < -0.4 is 15.4 Å². The van der Waals surface area contributed by atoms with Gasteiger partial charge in [-0.2, -0.15) is 0 Å². The summed E-state index contributed by atoms with van der Waals surface area (Å²) in [5, 5.41) is 5.90. The van der Waals surface area contributed by atoms with Crippen LogP contribution >= 0.6 is 0 Å². The maximum Gasteiger partial charge on any atom is 0.407 e. The predicted molar refractivity (Wildman–Crippen MR) is 82.7 cm³/mol. The van der Waals surface area contributed by atoms with E-state index in [4.69, 9.17) is 9.47 Å². The number of aromatic nitrogens is 1. The summed E-state index contributed by atoms with van der Waals surface area (Å²) in [6.45, 7) is 9.27. The van der Waals surface area contributed by atoms with Crippen molar-refractivity contribution in [3.63, 3.8) is 0 Å². The normalized spacial score (nSPS) is 10.9. The summed E-state index contributed by atoms with van der Waals surface area (Å²) in [7, 11) is 0. The minimum Gasteiger partial charge on any atom is -0.490 e. The van der Waals surface area contributed by atoms with Crippen molar-refractivity contribution in [2.75, 3.05) is 25.0 Å². The molecule has 0 radical (unpaired) electrons. The maximum atomic E-state index is 11.4. The zero-order chi connectivity index (χ0) is 15.7. The van der Waals surface area contributed by atoms with Gasteiger partial charge in [0, 0.05) is 19.3 Å². The third-order valence-corrected chi connectivity index (χ3v) is 2.38. The quantitative estimate of drug-likeness (QED) is 0.757. The van der Waals surface area contributed by atoms with Gasteiger partial charge in [0.1, 0.15) is 5.60 Å². The van der Waals surface area contributed by atoms with Gasteiger partial charge in [-0.15, -0.1) is 0 Å². The topological polar surface area (TPSA) is 72.5 Å². The molecule has 0 aliphatic heterocycles. The molecule has 1 rings (SSSR count). The molecule has 0 saturated heterocycles. The zero-order valence-electron chi connectivity index (χ0n) is 13.2. The van der Waals surface area contributed by atoms with E-state index in [0.29, 0.717) is 19.7 Å². The van der Waals surface area contributed by atoms with Gasteiger partial charge in [-0.25, -0.2) is 9.78 Å². The average Bonchev–Trinajstić information content (AvgIpc) is 2.38. The first-order valence-electron chi connectivity index (χ1n) is 7.21. The average molecular weight is 295 g/mol. The fourth-order valence-corrected chi connectivity index (χ4v) is 1.60. The molecule has 1 aromatic heterocycles. The van der Waals surface area contributed by atoms with E-state index in [1.54, 1.807) is 6.20 Å². The van der Waals surface area contributed by atoms with E-state index in [1.165, 1.54) is 0 Å². The summed E-state index contributed by atoms with van der Waals surface area (Å²) in [4.78, 5) is 15.7. The Morgan fingerprint density at radius 2 is 2.10 bits per heavy atom. The second-order valence-electron chi connectivity index (χ2n) is 5.49. The molecular weight excluding hydrogens is 270 g/mol. The number of ether oxygens (including phenoxy) is 2. The molecule has 21 heavy (non-hydrogen) atoms. The van der Waals surface area contributed by atoms with Gasteiger partial charge in [0.25, 0.3) is 0 Å². The van der Waals surface area contributed by atoms with Crippen molar-refractivity contribution < 1.29 is 14.3 Å². The molecule has 0 bridgehead atoms. The molecule has 0 saturated carbocycles. The lowest BCUT2D eigenvalue weighted by Gasteiger charge is -2.19. The van der Waals surface area contributed by atoms with E-state index in [1.807, 2.05) is 39.8 Å². The Bertz CT molecular complexity index is 444. The highest BCUT2D eigenvalue weighted by atomic mass is 16.6. The zero-order valence-corrected chi connectivity index (χ0v) is 13.2. The maximum absolute atomic E-state index is 11.4. The highest BCUT2D eigenvalue weighted by molar-refractivity contribution is 5.67. The van der Waals surface area contributed by atoms with E-state index in [0.717, 1.165) is 18.0 Å². The van der Waals surface area contributed by atoms with Crippen LogP contribution in [0.15, 0.2) is 18.3 Å². The number of amides is 1. The Morgan fingerprint density at radius 1 is 1.33 bits per heavy atom. The van der Waals surface area contributed by atoms with Crippen molar-refractivity contribution in [3.05, 3.63) is 18.3 Å². The number of rotatable bonds is 7. The number of anilines is 1. The highest BCUT2D eigenvalue weighted by Gasteiger charge is 2.15. The van der Waals surface area contributed by atoms with Crippen LogP contribution in [0.4, 0.5) is 10.6 Å². The van der Waals surface area contributed by atoms with Gasteiger partial charge >= 0.3 is 6.09 Å². The lowest BCUT2D eigenvalue weighted by Crippen LogP contribution is -2.33. The van der Waals surface area contributed by atoms with Gasteiger partial charge < -0.3 is 20.1 Å². The van der Waals surface area contributed by atoms with Crippen LogP contribution in [0.3, 0.4) is 0 Å². The summed E-state index contributed by atoms with van der Waals surface area (Å²) < 4.78 is 10.6. The minimum absolute atomic E-state index is 0.393. The Morgan fingerprint density at radius 3 is 2.76 bits per heavy atom. The van der Waals surface area contributed by atoms with Crippen molar-refractivity contribution in [1.82, 2.24) is 10.3 Å². The van der Waals surface area contributed by atoms with Crippen molar-refractivity contribution >= 4 is 11.9 Å². The first-order chi connectivity index (χ1) is 9.92. The Kier molecular flexibility index (Phi) is 6.78. The van der Waals surface area contributed by atoms with Crippen LogP contribution in [0.2, 0.25) is 0 Å². The van der Waals surface area contributed by atoms with Crippen LogP contribution in [-0.2, 0) is 4.74 Å². The van der Waals surface area contributed by atoms with Crippen molar-refractivity contribution in [2.24, 2.45) is 0 Å². The number of nitrogens with one attached hydrogen (secondary N) is 2. The number of hydrogen-bond donors (Lipinski definition) is 2. The number of carbonyl (C=O) groups excluding carboxylic acids is 1. The van der Waals surface area contributed by atoms with E-state index >= 15 is 0 Å². The largest absolute Gasteiger partial charge is 0.490 e. The molecule has 0 aliphatic carbocycles. The smallest absolute Gasteiger partial charge is 0.407 e. The molecule has 0 spiro atoms. The van der Waals surface area contributed by atoms with E-state index < -0.39 is 11.7 Å². The molecule has 0 fully saturated rings. The predicted octanol–water partition coefficient (Wildman–Crippen LogP) is 2.81. The van der Waals surface area contributed by atoms with Gasteiger partial charge in [-0.3, -0.25) is 0 Å². The molecule has 0 aliphatic rings. The number of nitrogens with zero attached hydrogens (tertiary/aromatic N) is 1. The molecule has 1 heterocycles. The molecule has 2 N–H and O–H groups in total. The van der Waals surface area contributed by atoms with Gasteiger partial charge in [0.2, 0.25) is 0 Å². The molecule has 6 heteroatoms. The lowest BCUT2D eigenvalue weighted by atomic mass is 10.2. The van der Waals surface area contributed by atoms with E-state index in [9.17, 15) is 4.79 Å². The van der Waals surface area contributed by atoms with Crippen LogP contribution in [0, 0.1) is 0 Å². The van der Waals surface area contributed by atoms with Gasteiger partial charge in [-0.1, -0.05) is 0 Å². The first kappa shape index (κ1) is 17.1. The van der Waals surface area contributed by atoms with Crippen LogP contribution in [-0.4, -0.2) is 36.4 Å². The summed E-state index contributed by atoms with van der Waals surface area (Å²) in [5.74, 6) is 1.46. The molecular formula is C15H25N3O3. The monoisotopic (exact) mass is 295 g/mol. The van der Waals surface area contributed by atoms with Crippen LogP contribution in [0.5, 0.6) is 5.75 Å². The Labute approximate surface area is 126 Å². The van der Waals surface area contributed by atoms with Crippen molar-refractivity contribution in [2.45, 2.75) is 39.7 Å². The third-order valence-electron chi connectivity index (χ3n) is 2.38. The van der Waals surface area contributed by atoms with Gasteiger partial charge in [0.05, 0.1) is 6.61 Å². The summed E-state index contributed by atoms with van der Waals surface area (Å²) in [5.41, 5.74) is -0.470. The first-order valence-corrected chi connectivity index (χ1v) is 7.21. The molecule has 0 unspecified atom stereocenters. The molecule has 1 aromatic rings. The Hall–Kier alpha value is -1.98. The summed E-state index contributed by atoms with van der Waals surface area (Å²) >= 11 is 0. The second kappa shape index (κ2) is 8.34. The lowest BCUT2D eigenvalue weighted by molar-refractivity contribution is 0.0528. The fourth-order valence-electron chi connectivity index (χ4n) is 1.60.